The lowest BCUT2D eigenvalue weighted by atomic mass is 10.0. The summed E-state index contributed by atoms with van der Waals surface area (Å²) in [5.41, 5.74) is 5.75. The van der Waals surface area contributed by atoms with Crippen molar-refractivity contribution in [2.75, 3.05) is 13.2 Å². The molecule has 1 aliphatic heterocycles. The van der Waals surface area contributed by atoms with Gasteiger partial charge in [0.1, 0.15) is 17.9 Å². The summed E-state index contributed by atoms with van der Waals surface area (Å²) in [6.07, 6.45) is 2.26. The third-order valence-electron chi connectivity index (χ3n) is 7.20. The number of nitrogens with one attached hydrogen (secondary N) is 2. The van der Waals surface area contributed by atoms with E-state index in [1.54, 1.807) is 13.8 Å². The third-order valence-corrected chi connectivity index (χ3v) is 7.20. The van der Waals surface area contributed by atoms with Gasteiger partial charge in [-0.2, -0.15) is 0 Å². The summed E-state index contributed by atoms with van der Waals surface area (Å²) in [6.45, 7) is 3.56. The molecule has 2 amide bonds. The van der Waals surface area contributed by atoms with E-state index in [0.29, 0.717) is 30.9 Å². The predicted molar refractivity (Wildman–Crippen MR) is 137 cm³/mol. The maximum absolute atomic E-state index is 13.9. The molecular formula is C27H37F3N4O6. The molecule has 0 bridgehead atoms. The first-order valence-electron chi connectivity index (χ1n) is 13.6. The second kappa shape index (κ2) is 13.9. The van der Waals surface area contributed by atoms with E-state index in [0.717, 1.165) is 12.8 Å². The van der Waals surface area contributed by atoms with Gasteiger partial charge in [0, 0.05) is 37.5 Å². The van der Waals surface area contributed by atoms with Crippen molar-refractivity contribution in [1.82, 2.24) is 15.5 Å². The zero-order chi connectivity index (χ0) is 29.6. The molecule has 1 aliphatic carbocycles. The Morgan fingerprint density at radius 1 is 1.10 bits per heavy atom. The number of carboxylic acids is 1. The van der Waals surface area contributed by atoms with Crippen LogP contribution in [0.15, 0.2) is 12.1 Å². The fraction of sp³-hybridized carbons (Fsp3) is 0.630. The molecule has 0 unspecified atom stereocenters. The normalized spacial score (nSPS) is 21.0. The third kappa shape index (κ3) is 8.40. The van der Waals surface area contributed by atoms with E-state index in [9.17, 15) is 37.5 Å². The lowest BCUT2D eigenvalue weighted by Gasteiger charge is -2.29. The monoisotopic (exact) mass is 570 g/mol. The molecule has 1 aromatic carbocycles. The van der Waals surface area contributed by atoms with E-state index in [1.165, 1.54) is 4.90 Å². The highest BCUT2D eigenvalue weighted by atomic mass is 19.2. The molecule has 5 N–H and O–H groups in total. The van der Waals surface area contributed by atoms with Gasteiger partial charge in [0.05, 0.1) is 12.6 Å². The number of ether oxygens (including phenoxy) is 1. The summed E-state index contributed by atoms with van der Waals surface area (Å²) in [5.74, 6) is -5.92. The molecule has 2 fully saturated rings. The van der Waals surface area contributed by atoms with Crippen LogP contribution in [0.5, 0.6) is 0 Å². The number of benzene rings is 1. The van der Waals surface area contributed by atoms with Crippen LogP contribution in [-0.4, -0.2) is 77.1 Å². The van der Waals surface area contributed by atoms with Gasteiger partial charge in [-0.15, -0.1) is 0 Å². The highest BCUT2D eigenvalue weighted by Gasteiger charge is 2.43. The van der Waals surface area contributed by atoms with Gasteiger partial charge in [0.15, 0.2) is 11.6 Å². The lowest BCUT2D eigenvalue weighted by molar-refractivity contribution is -0.150. The minimum atomic E-state index is -1.33. The molecule has 0 aromatic heterocycles. The quantitative estimate of drug-likeness (QED) is 0.195. The highest BCUT2D eigenvalue weighted by Crippen LogP contribution is 2.34. The van der Waals surface area contributed by atoms with Crippen molar-refractivity contribution in [3.8, 4) is 0 Å². The maximum atomic E-state index is 13.9. The lowest BCUT2D eigenvalue weighted by Crippen LogP contribution is -2.54. The van der Waals surface area contributed by atoms with Crippen LogP contribution in [0.1, 0.15) is 57.9 Å². The standard InChI is InChI=1S/C27H37F3N4O6/c1-3-21(33-22(7-14-5-6-14)27(39)40-4-2)25(36)34-13-17(11-23(34)26(37)38)32-24(35)10-16(31)8-15-9-19(29)20(30)12-18(15)28/h9,12,14,16-17,21-23,33H,3-8,10-11,13,31H2,1-2H3,(H,32,35)(H,37,38)/t16-,17+,21+,22+,23+/m1/s1. The van der Waals surface area contributed by atoms with Crippen LogP contribution in [0.4, 0.5) is 13.2 Å². The van der Waals surface area contributed by atoms with Crippen molar-refractivity contribution in [2.45, 2.75) is 89.0 Å². The molecule has 1 saturated carbocycles. The van der Waals surface area contributed by atoms with E-state index in [-0.39, 0.29) is 38.0 Å². The number of rotatable bonds is 14. The largest absolute Gasteiger partial charge is 0.480 e. The Labute approximate surface area is 230 Å². The van der Waals surface area contributed by atoms with Gasteiger partial charge >= 0.3 is 11.9 Å². The van der Waals surface area contributed by atoms with Crippen molar-refractivity contribution >= 4 is 23.8 Å². The van der Waals surface area contributed by atoms with Gasteiger partial charge in [-0.3, -0.25) is 19.7 Å². The first-order valence-corrected chi connectivity index (χ1v) is 13.6. The van der Waals surface area contributed by atoms with Gasteiger partial charge in [-0.05, 0) is 43.7 Å². The average molecular weight is 571 g/mol. The Kier molecular flexibility index (Phi) is 10.9. The van der Waals surface area contributed by atoms with Crippen molar-refractivity contribution < 1.29 is 42.2 Å². The second-order valence-electron chi connectivity index (χ2n) is 10.5. The van der Waals surface area contributed by atoms with Gasteiger partial charge in [0.25, 0.3) is 0 Å². The smallest absolute Gasteiger partial charge is 0.326 e. The Morgan fingerprint density at radius 2 is 1.77 bits per heavy atom. The Balaban J connectivity index is 1.60. The summed E-state index contributed by atoms with van der Waals surface area (Å²) in [6, 6.07) is -3.22. The molecule has 222 valence electrons. The molecule has 0 radical (unpaired) electrons. The van der Waals surface area contributed by atoms with Crippen LogP contribution < -0.4 is 16.4 Å². The molecular weight excluding hydrogens is 533 g/mol. The van der Waals surface area contributed by atoms with Crippen LogP contribution in [0.3, 0.4) is 0 Å². The number of hydrogen-bond donors (Lipinski definition) is 4. The fourth-order valence-electron chi connectivity index (χ4n) is 4.99. The van der Waals surface area contributed by atoms with Crippen LogP contribution >= 0.6 is 0 Å². The van der Waals surface area contributed by atoms with Crippen molar-refractivity contribution in [3.63, 3.8) is 0 Å². The summed E-state index contributed by atoms with van der Waals surface area (Å²) >= 11 is 0. The number of hydrogen-bond acceptors (Lipinski definition) is 7. The van der Waals surface area contributed by atoms with Gasteiger partial charge in [-0.25, -0.2) is 18.0 Å². The number of likely N-dealkylation sites (tertiary alicyclic amines) is 1. The average Bonchev–Trinajstić information content (AvgIpc) is 3.60. The molecule has 1 saturated heterocycles. The molecule has 1 aromatic rings. The minimum absolute atomic E-state index is 0.0420. The molecule has 2 aliphatic rings. The highest BCUT2D eigenvalue weighted by molar-refractivity contribution is 5.89. The van der Waals surface area contributed by atoms with Crippen LogP contribution in [-0.2, 0) is 30.3 Å². The molecule has 0 spiro atoms. The minimum Gasteiger partial charge on any atom is -0.480 e. The molecule has 40 heavy (non-hydrogen) atoms. The number of carbonyl (C=O) groups is 4. The molecule has 10 nitrogen and oxygen atoms in total. The zero-order valence-electron chi connectivity index (χ0n) is 22.6. The summed E-state index contributed by atoms with van der Waals surface area (Å²) < 4.78 is 45.7. The SMILES string of the molecule is CCOC(=O)[C@H](CC1CC1)N[C@@H](CC)C(=O)N1C[C@@H](NC(=O)C[C@H](N)Cc2cc(F)c(F)cc2F)C[C@H]1C(=O)O. The molecule has 3 rings (SSSR count). The second-order valence-corrected chi connectivity index (χ2v) is 10.5. The van der Waals surface area contributed by atoms with E-state index in [1.807, 2.05) is 0 Å². The Bertz CT molecular complexity index is 1100. The Hall–Kier alpha value is -3.19. The number of nitrogens with zero attached hydrogens (tertiary/aromatic N) is 1. The number of aliphatic carboxylic acids is 1. The van der Waals surface area contributed by atoms with Crippen LogP contribution in [0, 0.1) is 23.4 Å². The predicted octanol–water partition coefficient (Wildman–Crippen LogP) is 1.63. The van der Waals surface area contributed by atoms with E-state index < -0.39 is 71.4 Å². The first-order chi connectivity index (χ1) is 18.9. The number of amides is 2. The number of carboxylic acid groups (broad SMARTS) is 1. The van der Waals surface area contributed by atoms with E-state index >= 15 is 0 Å². The maximum Gasteiger partial charge on any atom is 0.326 e. The van der Waals surface area contributed by atoms with Gasteiger partial charge in [-0.1, -0.05) is 19.8 Å². The van der Waals surface area contributed by atoms with E-state index in [2.05, 4.69) is 10.6 Å². The van der Waals surface area contributed by atoms with Crippen LogP contribution in [0.25, 0.3) is 0 Å². The summed E-state index contributed by atoms with van der Waals surface area (Å²) in [7, 11) is 0. The van der Waals surface area contributed by atoms with Gasteiger partial charge < -0.3 is 25.8 Å². The number of esters is 1. The van der Waals surface area contributed by atoms with Crippen molar-refractivity contribution in [2.24, 2.45) is 11.7 Å². The summed E-state index contributed by atoms with van der Waals surface area (Å²) in [4.78, 5) is 51.7. The zero-order valence-corrected chi connectivity index (χ0v) is 22.6. The number of halogens is 3. The number of carbonyl (C=O) groups excluding carboxylic acids is 3. The molecule has 5 atom stereocenters. The van der Waals surface area contributed by atoms with Crippen LogP contribution in [0.2, 0.25) is 0 Å². The molecule has 1 heterocycles. The van der Waals surface area contributed by atoms with Crippen molar-refractivity contribution in [1.29, 1.82) is 0 Å². The van der Waals surface area contributed by atoms with Crippen molar-refractivity contribution in [3.05, 3.63) is 35.1 Å². The first kappa shape index (κ1) is 31.3. The summed E-state index contributed by atoms with van der Waals surface area (Å²) in [5, 5.41) is 15.5. The molecule has 13 heteroatoms. The van der Waals surface area contributed by atoms with E-state index in [4.69, 9.17) is 10.5 Å². The number of nitrogens with two attached hydrogens (primary N) is 1. The van der Waals surface area contributed by atoms with Gasteiger partial charge in [0.2, 0.25) is 11.8 Å². The Morgan fingerprint density at radius 3 is 2.38 bits per heavy atom. The topological polar surface area (TPSA) is 151 Å². The fourth-order valence-corrected chi connectivity index (χ4v) is 4.99.